The van der Waals surface area contributed by atoms with E-state index in [9.17, 15) is 13.0 Å². The molecular formula is C17H30O3S. The van der Waals surface area contributed by atoms with Gasteiger partial charge < -0.3 is 0 Å². The minimum absolute atomic E-state index is 0.0897. The van der Waals surface area contributed by atoms with Gasteiger partial charge in [-0.3, -0.25) is 4.55 Å². The Morgan fingerprint density at radius 1 is 0.857 bits per heavy atom. The molecule has 0 aliphatic heterocycles. The van der Waals surface area contributed by atoms with Crippen molar-refractivity contribution in [3.63, 3.8) is 0 Å². The highest BCUT2D eigenvalue weighted by atomic mass is 32.2. The van der Waals surface area contributed by atoms with Crippen molar-refractivity contribution in [2.75, 3.05) is 0 Å². The highest BCUT2D eigenvalue weighted by Gasteiger charge is 2.36. The van der Waals surface area contributed by atoms with Crippen LogP contribution in [-0.2, 0) is 10.1 Å². The van der Waals surface area contributed by atoms with E-state index in [1.807, 2.05) is 12.2 Å². The lowest BCUT2D eigenvalue weighted by atomic mass is 9.79. The second-order valence-electron chi connectivity index (χ2n) is 6.70. The SMILES string of the molecule is CCCCCCCCCC1(C)C=CC(C)(S(=O)(=O)O)C=C1. The summed E-state index contributed by atoms with van der Waals surface area (Å²) in [5.41, 5.74) is -0.0897. The van der Waals surface area contributed by atoms with E-state index in [1.54, 1.807) is 12.2 Å². The van der Waals surface area contributed by atoms with Crippen molar-refractivity contribution in [1.82, 2.24) is 0 Å². The van der Waals surface area contributed by atoms with Crippen molar-refractivity contribution in [1.29, 1.82) is 0 Å². The lowest BCUT2D eigenvalue weighted by Crippen LogP contribution is -2.33. The van der Waals surface area contributed by atoms with Crippen LogP contribution in [0.25, 0.3) is 0 Å². The van der Waals surface area contributed by atoms with Crippen LogP contribution in [0.3, 0.4) is 0 Å². The van der Waals surface area contributed by atoms with Crippen LogP contribution in [0, 0.1) is 5.41 Å². The molecule has 0 aromatic rings. The van der Waals surface area contributed by atoms with Crippen LogP contribution in [0.5, 0.6) is 0 Å². The van der Waals surface area contributed by atoms with Crippen LogP contribution in [-0.4, -0.2) is 17.7 Å². The van der Waals surface area contributed by atoms with E-state index < -0.39 is 14.9 Å². The summed E-state index contributed by atoms with van der Waals surface area (Å²) in [5.74, 6) is 0. The third-order valence-electron chi connectivity index (χ3n) is 4.46. The first kappa shape index (κ1) is 18.4. The minimum atomic E-state index is -4.09. The van der Waals surface area contributed by atoms with Crippen molar-refractivity contribution < 1.29 is 13.0 Å². The van der Waals surface area contributed by atoms with Gasteiger partial charge in [0, 0.05) is 5.41 Å². The van der Waals surface area contributed by atoms with Crippen LogP contribution in [0.15, 0.2) is 24.3 Å². The fraction of sp³-hybridized carbons (Fsp3) is 0.765. The Morgan fingerprint density at radius 3 is 1.81 bits per heavy atom. The van der Waals surface area contributed by atoms with Gasteiger partial charge in [0.25, 0.3) is 10.1 Å². The van der Waals surface area contributed by atoms with E-state index >= 15 is 0 Å². The molecule has 21 heavy (non-hydrogen) atoms. The van der Waals surface area contributed by atoms with Gasteiger partial charge in [-0.2, -0.15) is 8.42 Å². The lowest BCUT2D eigenvalue weighted by Gasteiger charge is -2.30. The molecule has 0 aromatic carbocycles. The van der Waals surface area contributed by atoms with E-state index in [1.165, 1.54) is 45.4 Å². The summed E-state index contributed by atoms with van der Waals surface area (Å²) in [5, 5.41) is 0. The molecule has 4 heteroatoms. The molecule has 3 nitrogen and oxygen atoms in total. The summed E-state index contributed by atoms with van der Waals surface area (Å²) in [4.78, 5) is 0. The normalized spacial score (nSPS) is 29.0. The molecule has 0 atom stereocenters. The van der Waals surface area contributed by atoms with Gasteiger partial charge in [-0.15, -0.1) is 0 Å². The Balaban J connectivity index is 2.38. The average molecular weight is 314 g/mol. The van der Waals surface area contributed by atoms with Gasteiger partial charge in [0.1, 0.15) is 4.75 Å². The largest absolute Gasteiger partial charge is 0.285 e. The molecule has 0 bridgehead atoms. The van der Waals surface area contributed by atoms with E-state index in [-0.39, 0.29) is 5.41 Å². The number of hydrogen-bond donors (Lipinski definition) is 1. The summed E-state index contributed by atoms with van der Waals surface area (Å²) in [6.45, 7) is 5.85. The van der Waals surface area contributed by atoms with Gasteiger partial charge in [-0.25, -0.2) is 0 Å². The Morgan fingerprint density at radius 2 is 1.33 bits per heavy atom. The van der Waals surface area contributed by atoms with Crippen LogP contribution >= 0.6 is 0 Å². The molecule has 122 valence electrons. The summed E-state index contributed by atoms with van der Waals surface area (Å²) in [6, 6.07) is 0. The van der Waals surface area contributed by atoms with Crippen LogP contribution < -0.4 is 0 Å². The predicted octanol–water partition coefficient (Wildman–Crippen LogP) is 4.91. The third-order valence-corrected chi connectivity index (χ3v) is 5.85. The highest BCUT2D eigenvalue weighted by Crippen LogP contribution is 2.36. The van der Waals surface area contributed by atoms with Gasteiger partial charge >= 0.3 is 0 Å². The molecule has 0 unspecified atom stereocenters. The third kappa shape index (κ3) is 5.59. The average Bonchev–Trinajstić information content (AvgIpc) is 2.40. The maximum atomic E-state index is 11.4. The molecule has 0 saturated carbocycles. The topological polar surface area (TPSA) is 54.4 Å². The molecule has 0 aromatic heterocycles. The van der Waals surface area contributed by atoms with Crippen molar-refractivity contribution in [2.45, 2.75) is 76.9 Å². The second-order valence-corrected chi connectivity index (χ2v) is 8.53. The number of unbranched alkanes of at least 4 members (excludes halogenated alkanes) is 6. The summed E-state index contributed by atoms with van der Waals surface area (Å²) in [7, 11) is -4.09. The number of hydrogen-bond acceptors (Lipinski definition) is 2. The molecule has 0 fully saturated rings. The first-order chi connectivity index (χ1) is 9.72. The molecule has 0 spiro atoms. The van der Waals surface area contributed by atoms with Crippen molar-refractivity contribution in [3.8, 4) is 0 Å². The van der Waals surface area contributed by atoms with Crippen LogP contribution in [0.2, 0.25) is 0 Å². The molecule has 1 rings (SSSR count). The van der Waals surface area contributed by atoms with Gasteiger partial charge in [-0.05, 0) is 13.3 Å². The maximum absolute atomic E-state index is 11.4. The summed E-state index contributed by atoms with van der Waals surface area (Å²) >= 11 is 0. The minimum Gasteiger partial charge on any atom is -0.285 e. The van der Waals surface area contributed by atoms with Gasteiger partial charge in [0.15, 0.2) is 0 Å². The van der Waals surface area contributed by atoms with Crippen LogP contribution in [0.4, 0.5) is 0 Å². The zero-order chi connectivity index (χ0) is 16.0. The molecule has 0 radical (unpaired) electrons. The lowest BCUT2D eigenvalue weighted by molar-refractivity contribution is 0.437. The molecule has 0 saturated heterocycles. The van der Waals surface area contributed by atoms with Crippen LogP contribution in [0.1, 0.15) is 72.1 Å². The van der Waals surface area contributed by atoms with Crippen molar-refractivity contribution in [2.24, 2.45) is 5.41 Å². The molecule has 0 heterocycles. The van der Waals surface area contributed by atoms with E-state index in [4.69, 9.17) is 0 Å². The highest BCUT2D eigenvalue weighted by molar-refractivity contribution is 7.87. The Hall–Kier alpha value is -0.610. The van der Waals surface area contributed by atoms with Gasteiger partial charge in [-0.1, -0.05) is 83.1 Å². The molecule has 0 amide bonds. The zero-order valence-corrected chi connectivity index (χ0v) is 14.5. The van der Waals surface area contributed by atoms with E-state index in [0.29, 0.717) is 0 Å². The quantitative estimate of drug-likeness (QED) is 0.374. The fourth-order valence-corrected chi connectivity index (χ4v) is 3.10. The van der Waals surface area contributed by atoms with Crippen molar-refractivity contribution in [3.05, 3.63) is 24.3 Å². The van der Waals surface area contributed by atoms with Gasteiger partial charge in [0.05, 0.1) is 0 Å². The maximum Gasteiger partial charge on any atom is 0.277 e. The number of rotatable bonds is 9. The second kappa shape index (κ2) is 7.59. The molecule has 1 aliphatic rings. The van der Waals surface area contributed by atoms with Crippen molar-refractivity contribution >= 4 is 10.1 Å². The summed E-state index contributed by atoms with van der Waals surface area (Å²) in [6.07, 6.45) is 17.0. The molecule has 1 aliphatic carbocycles. The Bertz CT molecular complexity index is 460. The number of allylic oxidation sites excluding steroid dienone is 2. The standard InChI is InChI=1S/C17H30O3S/c1-4-5-6-7-8-9-10-11-16(2)12-14-17(3,15-13-16)21(18,19)20/h12-15H,4-11H2,1-3H3,(H,18,19,20). The predicted molar refractivity (Wildman–Crippen MR) is 89.0 cm³/mol. The van der Waals surface area contributed by atoms with E-state index in [2.05, 4.69) is 13.8 Å². The first-order valence-corrected chi connectivity index (χ1v) is 9.54. The summed E-state index contributed by atoms with van der Waals surface area (Å²) < 4.78 is 30.7. The van der Waals surface area contributed by atoms with E-state index in [0.717, 1.165) is 12.8 Å². The first-order valence-electron chi connectivity index (χ1n) is 8.10. The molecular weight excluding hydrogens is 284 g/mol. The Kier molecular flexibility index (Phi) is 6.67. The Labute approximate surface area is 130 Å². The van der Waals surface area contributed by atoms with Gasteiger partial charge in [0.2, 0.25) is 0 Å². The zero-order valence-electron chi connectivity index (χ0n) is 13.6. The smallest absolute Gasteiger partial charge is 0.277 e. The monoisotopic (exact) mass is 314 g/mol. The molecule has 1 N–H and O–H groups in total. The fourth-order valence-electron chi connectivity index (χ4n) is 2.62.